The molecule has 1 aromatic heterocycles. The number of unbranched alkanes of at least 4 members (excludes halogenated alkanes) is 1. The Hall–Kier alpha value is -1.32. The molecule has 3 rings (SSSR count). The zero-order chi connectivity index (χ0) is 16.8. The first-order chi connectivity index (χ1) is 11.8. The molecular weight excluding hydrogens is 314 g/mol. The van der Waals surface area contributed by atoms with Crippen LogP contribution in [0.2, 0.25) is 0 Å². The lowest BCUT2D eigenvalue weighted by Crippen LogP contribution is -2.27. The first-order valence-electron chi connectivity index (χ1n) is 9.14. The minimum atomic E-state index is 0.682. The number of benzene rings is 1. The van der Waals surface area contributed by atoms with Crippen molar-refractivity contribution in [2.45, 2.75) is 44.4 Å². The normalized spacial score (nSPS) is 17.0. The van der Waals surface area contributed by atoms with Gasteiger partial charge < -0.3 is 9.64 Å². The quantitative estimate of drug-likeness (QED) is 0.616. The Bertz CT molecular complexity index is 623. The number of methoxy groups -OCH3 is 1. The first-order valence-corrected chi connectivity index (χ1v) is 10.0. The third-order valence-corrected chi connectivity index (χ3v) is 6.05. The van der Waals surface area contributed by atoms with Crippen LogP contribution < -0.4 is 4.74 Å². The monoisotopic (exact) mass is 343 g/mol. The fraction of sp³-hybridized carbons (Fsp3) is 0.524. The summed E-state index contributed by atoms with van der Waals surface area (Å²) >= 11 is 1.88. The van der Waals surface area contributed by atoms with E-state index in [0.717, 1.165) is 5.75 Å². The Balaban J connectivity index is 1.47. The number of rotatable bonds is 8. The molecule has 3 heteroatoms. The van der Waals surface area contributed by atoms with Gasteiger partial charge in [-0.2, -0.15) is 0 Å². The van der Waals surface area contributed by atoms with Crippen molar-refractivity contribution >= 4 is 11.3 Å². The van der Waals surface area contributed by atoms with Gasteiger partial charge in [0.2, 0.25) is 0 Å². The third-order valence-electron chi connectivity index (χ3n) is 5.11. The molecule has 0 aliphatic heterocycles. The number of thiophene rings is 1. The van der Waals surface area contributed by atoms with Gasteiger partial charge in [-0.25, -0.2) is 0 Å². The van der Waals surface area contributed by atoms with E-state index in [2.05, 4.69) is 47.7 Å². The van der Waals surface area contributed by atoms with Gasteiger partial charge in [0.05, 0.1) is 7.11 Å². The van der Waals surface area contributed by atoms with Crippen LogP contribution >= 0.6 is 11.3 Å². The van der Waals surface area contributed by atoms with E-state index < -0.39 is 0 Å². The lowest BCUT2D eigenvalue weighted by Gasteiger charge is -2.29. The first kappa shape index (κ1) is 17.5. The molecule has 1 heterocycles. The summed E-state index contributed by atoms with van der Waals surface area (Å²) in [5, 5.41) is 2.18. The number of aryl methyl sites for hydroxylation is 2. The molecule has 0 bridgehead atoms. The number of hydrogen-bond donors (Lipinski definition) is 0. The summed E-state index contributed by atoms with van der Waals surface area (Å²) in [6.07, 6.45) is 7.64. The maximum atomic E-state index is 5.38. The minimum absolute atomic E-state index is 0.682. The van der Waals surface area contributed by atoms with Crippen LogP contribution in [-0.4, -0.2) is 32.1 Å². The molecule has 0 saturated heterocycles. The van der Waals surface area contributed by atoms with Crippen LogP contribution in [0.5, 0.6) is 5.75 Å². The van der Waals surface area contributed by atoms with Crippen LogP contribution in [0.15, 0.2) is 35.7 Å². The van der Waals surface area contributed by atoms with Crippen LogP contribution in [0, 0.1) is 0 Å². The van der Waals surface area contributed by atoms with Gasteiger partial charge in [0.1, 0.15) is 5.75 Å². The number of ether oxygens (including phenoxy) is 1. The topological polar surface area (TPSA) is 12.5 Å². The van der Waals surface area contributed by atoms with E-state index in [1.54, 1.807) is 12.7 Å². The van der Waals surface area contributed by atoms with Crippen LogP contribution in [0.4, 0.5) is 0 Å². The van der Waals surface area contributed by atoms with Crippen molar-refractivity contribution in [3.8, 4) is 5.75 Å². The Morgan fingerprint density at radius 3 is 2.96 bits per heavy atom. The molecule has 0 fully saturated rings. The molecular formula is C21H29NOS. The second-order valence-corrected chi connectivity index (χ2v) is 7.98. The highest BCUT2D eigenvalue weighted by molar-refractivity contribution is 7.09. The molecule has 130 valence electrons. The second kappa shape index (κ2) is 8.68. The molecule has 2 aromatic rings. The molecule has 1 aliphatic carbocycles. The largest absolute Gasteiger partial charge is 0.497 e. The number of nitrogens with zero attached hydrogens (tertiary/aromatic N) is 1. The second-order valence-electron chi connectivity index (χ2n) is 6.95. The molecule has 0 radical (unpaired) electrons. The Morgan fingerprint density at radius 2 is 2.17 bits per heavy atom. The van der Waals surface area contributed by atoms with Crippen LogP contribution in [0.3, 0.4) is 0 Å². The molecule has 0 saturated carbocycles. The standard InChI is InChI=1S/C21H29NOS/c1-22(13-4-3-9-20-10-6-14-24-20)16-18-8-5-7-17-15-19(23-2)11-12-21(17)18/h6,10-12,14-15,18H,3-5,7-9,13,16H2,1-2H3. The van der Waals surface area contributed by atoms with E-state index in [9.17, 15) is 0 Å². The fourth-order valence-corrected chi connectivity index (χ4v) is 4.56. The summed E-state index contributed by atoms with van der Waals surface area (Å²) in [7, 11) is 4.04. The summed E-state index contributed by atoms with van der Waals surface area (Å²) in [5.41, 5.74) is 3.05. The highest BCUT2D eigenvalue weighted by Gasteiger charge is 2.21. The predicted molar refractivity (Wildman–Crippen MR) is 103 cm³/mol. The lowest BCUT2D eigenvalue weighted by atomic mass is 9.82. The van der Waals surface area contributed by atoms with E-state index >= 15 is 0 Å². The predicted octanol–water partition coefficient (Wildman–Crippen LogP) is 5.13. The summed E-state index contributed by atoms with van der Waals surface area (Å²) in [6.45, 7) is 2.38. The molecule has 1 atom stereocenters. The molecule has 1 aliphatic rings. The minimum Gasteiger partial charge on any atom is -0.497 e. The lowest BCUT2D eigenvalue weighted by molar-refractivity contribution is 0.292. The zero-order valence-electron chi connectivity index (χ0n) is 15.0. The van der Waals surface area contributed by atoms with E-state index in [1.807, 2.05) is 11.3 Å². The summed E-state index contributed by atoms with van der Waals surface area (Å²) in [5.74, 6) is 1.68. The van der Waals surface area contributed by atoms with Crippen LogP contribution in [0.1, 0.15) is 47.6 Å². The molecule has 1 unspecified atom stereocenters. The average molecular weight is 344 g/mol. The van der Waals surface area contributed by atoms with Gasteiger partial charge >= 0.3 is 0 Å². The molecule has 24 heavy (non-hydrogen) atoms. The van der Waals surface area contributed by atoms with E-state index in [4.69, 9.17) is 4.74 Å². The fourth-order valence-electron chi connectivity index (χ4n) is 3.81. The van der Waals surface area contributed by atoms with Crippen molar-refractivity contribution in [2.75, 3.05) is 27.2 Å². The van der Waals surface area contributed by atoms with Crippen LogP contribution in [0.25, 0.3) is 0 Å². The third kappa shape index (κ3) is 4.61. The molecule has 0 spiro atoms. The zero-order valence-corrected chi connectivity index (χ0v) is 15.8. The van der Waals surface area contributed by atoms with Gasteiger partial charge in [-0.05, 0) is 92.7 Å². The van der Waals surface area contributed by atoms with Crippen molar-refractivity contribution in [3.63, 3.8) is 0 Å². The smallest absolute Gasteiger partial charge is 0.119 e. The van der Waals surface area contributed by atoms with E-state index in [0.29, 0.717) is 5.92 Å². The Labute approximate surface area is 150 Å². The maximum Gasteiger partial charge on any atom is 0.119 e. The van der Waals surface area contributed by atoms with Gasteiger partial charge in [0, 0.05) is 11.4 Å². The average Bonchev–Trinajstić information content (AvgIpc) is 3.12. The molecule has 0 N–H and O–H groups in total. The number of fused-ring (bicyclic) bond motifs is 1. The van der Waals surface area contributed by atoms with E-state index in [-0.39, 0.29) is 0 Å². The molecule has 2 nitrogen and oxygen atoms in total. The van der Waals surface area contributed by atoms with Crippen molar-refractivity contribution in [3.05, 3.63) is 51.7 Å². The van der Waals surface area contributed by atoms with Gasteiger partial charge in [0.15, 0.2) is 0 Å². The van der Waals surface area contributed by atoms with Crippen molar-refractivity contribution in [1.82, 2.24) is 4.90 Å². The molecule has 1 aromatic carbocycles. The number of likely N-dealkylation sites (N-methyl/N-ethyl adjacent to an activating group) is 1. The highest BCUT2D eigenvalue weighted by Crippen LogP contribution is 2.34. The molecule has 0 amide bonds. The summed E-state index contributed by atoms with van der Waals surface area (Å²) < 4.78 is 5.38. The number of hydrogen-bond acceptors (Lipinski definition) is 3. The van der Waals surface area contributed by atoms with Crippen molar-refractivity contribution < 1.29 is 4.74 Å². The van der Waals surface area contributed by atoms with Gasteiger partial charge in [0.25, 0.3) is 0 Å². The summed E-state index contributed by atoms with van der Waals surface area (Å²) in [6, 6.07) is 11.1. The Morgan fingerprint density at radius 1 is 1.25 bits per heavy atom. The Kier molecular flexibility index (Phi) is 6.33. The highest BCUT2D eigenvalue weighted by atomic mass is 32.1. The van der Waals surface area contributed by atoms with Crippen molar-refractivity contribution in [1.29, 1.82) is 0 Å². The SMILES string of the molecule is COc1ccc2c(c1)CCCC2CN(C)CCCCc1cccs1. The van der Waals surface area contributed by atoms with E-state index in [1.165, 1.54) is 62.1 Å². The van der Waals surface area contributed by atoms with Crippen molar-refractivity contribution in [2.24, 2.45) is 0 Å². The van der Waals surface area contributed by atoms with Gasteiger partial charge in [-0.15, -0.1) is 11.3 Å². The van der Waals surface area contributed by atoms with Gasteiger partial charge in [-0.3, -0.25) is 0 Å². The van der Waals surface area contributed by atoms with Gasteiger partial charge in [-0.1, -0.05) is 12.1 Å². The summed E-state index contributed by atoms with van der Waals surface area (Å²) in [4.78, 5) is 4.05. The van der Waals surface area contributed by atoms with Crippen LogP contribution in [-0.2, 0) is 12.8 Å². The maximum absolute atomic E-state index is 5.38.